The third-order valence-corrected chi connectivity index (χ3v) is 6.31. The standard InChI is InChI=1S/C23H30N2O5S/c1-10-15(6)31-20(25-22(29)23(7,8)9)17(10)21(28)30-14(5)19(27)18-11(2)16(13(4)26)12(3)24-18/h14,24H,1-9H3,(H,25,29)/t14-/m1/s1. The van der Waals surface area contributed by atoms with Gasteiger partial charge >= 0.3 is 5.97 Å². The maximum Gasteiger partial charge on any atom is 0.342 e. The summed E-state index contributed by atoms with van der Waals surface area (Å²) in [6, 6.07) is 0. The van der Waals surface area contributed by atoms with Crippen LogP contribution >= 0.6 is 11.3 Å². The molecule has 0 radical (unpaired) electrons. The van der Waals surface area contributed by atoms with Crippen molar-refractivity contribution in [1.82, 2.24) is 4.98 Å². The smallest absolute Gasteiger partial charge is 0.342 e. The van der Waals surface area contributed by atoms with Crippen molar-refractivity contribution in [2.24, 2.45) is 5.41 Å². The van der Waals surface area contributed by atoms with Gasteiger partial charge in [-0.1, -0.05) is 20.8 Å². The number of anilines is 1. The average molecular weight is 447 g/mol. The zero-order chi connectivity index (χ0) is 23.8. The lowest BCUT2D eigenvalue weighted by Crippen LogP contribution is -2.29. The lowest BCUT2D eigenvalue weighted by molar-refractivity contribution is -0.123. The zero-order valence-corrected chi connectivity index (χ0v) is 20.3. The fourth-order valence-corrected chi connectivity index (χ4v) is 4.30. The van der Waals surface area contributed by atoms with E-state index in [2.05, 4.69) is 10.3 Å². The highest BCUT2D eigenvalue weighted by atomic mass is 32.1. The molecule has 0 aromatic carbocycles. The van der Waals surface area contributed by atoms with E-state index in [-0.39, 0.29) is 22.9 Å². The van der Waals surface area contributed by atoms with Crippen LogP contribution in [0.1, 0.15) is 87.5 Å². The van der Waals surface area contributed by atoms with Gasteiger partial charge in [0, 0.05) is 21.5 Å². The number of carbonyl (C=O) groups is 4. The van der Waals surface area contributed by atoms with E-state index in [1.54, 1.807) is 41.5 Å². The second kappa shape index (κ2) is 8.78. The van der Waals surface area contributed by atoms with E-state index in [4.69, 9.17) is 4.74 Å². The maximum atomic E-state index is 13.0. The van der Waals surface area contributed by atoms with Gasteiger partial charge in [0.2, 0.25) is 11.7 Å². The van der Waals surface area contributed by atoms with Crippen LogP contribution in [-0.4, -0.2) is 34.5 Å². The molecule has 0 saturated carbocycles. The monoisotopic (exact) mass is 446 g/mol. The minimum atomic E-state index is -1.07. The van der Waals surface area contributed by atoms with Crippen molar-refractivity contribution in [3.05, 3.63) is 38.5 Å². The van der Waals surface area contributed by atoms with Gasteiger partial charge in [0.05, 0.1) is 11.3 Å². The molecule has 0 saturated heterocycles. The normalized spacial score (nSPS) is 12.4. The number of aromatic amines is 1. The van der Waals surface area contributed by atoms with E-state index >= 15 is 0 Å². The van der Waals surface area contributed by atoms with Crippen molar-refractivity contribution >= 4 is 39.8 Å². The van der Waals surface area contributed by atoms with E-state index in [9.17, 15) is 19.2 Å². The molecule has 2 aromatic heterocycles. The summed E-state index contributed by atoms with van der Waals surface area (Å²) in [5, 5.41) is 3.22. The highest BCUT2D eigenvalue weighted by molar-refractivity contribution is 7.16. The molecule has 2 heterocycles. The van der Waals surface area contributed by atoms with Crippen LogP contribution in [0, 0.1) is 33.1 Å². The van der Waals surface area contributed by atoms with Gasteiger partial charge in [0.1, 0.15) is 5.00 Å². The van der Waals surface area contributed by atoms with Gasteiger partial charge < -0.3 is 15.0 Å². The number of esters is 1. The van der Waals surface area contributed by atoms with Crippen molar-refractivity contribution in [1.29, 1.82) is 0 Å². The first-order valence-corrected chi connectivity index (χ1v) is 10.8. The Morgan fingerprint density at radius 1 is 1.00 bits per heavy atom. The van der Waals surface area contributed by atoms with Gasteiger partial charge in [-0.2, -0.15) is 0 Å². The molecule has 0 spiro atoms. The molecule has 0 aliphatic carbocycles. The van der Waals surface area contributed by atoms with Crippen LogP contribution in [0.4, 0.5) is 5.00 Å². The number of aryl methyl sites for hydroxylation is 2. The molecule has 0 aliphatic heterocycles. The molecule has 31 heavy (non-hydrogen) atoms. The quantitative estimate of drug-likeness (QED) is 0.484. The van der Waals surface area contributed by atoms with Crippen molar-refractivity contribution < 1.29 is 23.9 Å². The number of carbonyl (C=O) groups excluding carboxylic acids is 4. The van der Waals surface area contributed by atoms with Gasteiger partial charge in [-0.05, 0) is 52.7 Å². The molecule has 168 valence electrons. The second-order valence-corrected chi connectivity index (χ2v) is 10.0. The molecule has 1 atom stereocenters. The molecular formula is C23H30N2O5S. The van der Waals surface area contributed by atoms with Gasteiger partial charge in [-0.3, -0.25) is 14.4 Å². The first-order chi connectivity index (χ1) is 14.2. The number of hydrogen-bond donors (Lipinski definition) is 2. The summed E-state index contributed by atoms with van der Waals surface area (Å²) in [7, 11) is 0. The Labute approximate surface area is 186 Å². The Bertz CT molecular complexity index is 1070. The molecule has 0 aliphatic rings. The van der Waals surface area contributed by atoms with Crippen LogP contribution in [0.5, 0.6) is 0 Å². The van der Waals surface area contributed by atoms with E-state index in [1.165, 1.54) is 25.2 Å². The van der Waals surface area contributed by atoms with Crippen molar-refractivity contribution in [3.8, 4) is 0 Å². The van der Waals surface area contributed by atoms with Crippen molar-refractivity contribution in [2.75, 3.05) is 5.32 Å². The molecular weight excluding hydrogens is 416 g/mol. The number of rotatable bonds is 6. The molecule has 0 bridgehead atoms. The number of Topliss-reactive ketones (excluding diaryl/α,β-unsaturated/α-hetero) is 2. The summed E-state index contributed by atoms with van der Waals surface area (Å²) >= 11 is 1.30. The Hall–Kier alpha value is -2.74. The SMILES string of the molecule is CC(=O)c1c(C)[nH]c(C(=O)[C@@H](C)OC(=O)c2c(NC(=O)C(C)(C)C)sc(C)c2C)c1C. The summed E-state index contributed by atoms with van der Waals surface area (Å²) in [5.41, 5.74) is 2.18. The Morgan fingerprint density at radius 3 is 2.06 bits per heavy atom. The zero-order valence-electron chi connectivity index (χ0n) is 19.5. The molecule has 2 aromatic rings. The Kier molecular flexibility index (Phi) is 6.95. The van der Waals surface area contributed by atoms with E-state index in [0.717, 1.165) is 4.88 Å². The van der Waals surface area contributed by atoms with Crippen LogP contribution < -0.4 is 5.32 Å². The van der Waals surface area contributed by atoms with Gasteiger partial charge in [0.25, 0.3) is 0 Å². The van der Waals surface area contributed by atoms with E-state index in [1.807, 2.05) is 6.92 Å². The van der Waals surface area contributed by atoms with Crippen LogP contribution in [0.2, 0.25) is 0 Å². The van der Waals surface area contributed by atoms with Gasteiger partial charge in [0.15, 0.2) is 11.9 Å². The lowest BCUT2D eigenvalue weighted by Gasteiger charge is -2.18. The van der Waals surface area contributed by atoms with E-state index < -0.39 is 23.3 Å². The van der Waals surface area contributed by atoms with Gasteiger partial charge in [-0.25, -0.2) is 4.79 Å². The number of hydrogen-bond acceptors (Lipinski definition) is 6. The largest absolute Gasteiger partial charge is 0.451 e. The number of nitrogens with one attached hydrogen (secondary N) is 2. The van der Waals surface area contributed by atoms with Crippen LogP contribution in [0.15, 0.2) is 0 Å². The third-order valence-electron chi connectivity index (χ3n) is 5.19. The minimum Gasteiger partial charge on any atom is -0.451 e. The van der Waals surface area contributed by atoms with Crippen molar-refractivity contribution in [2.45, 2.75) is 68.4 Å². The number of ketones is 2. The van der Waals surface area contributed by atoms with Crippen LogP contribution in [0.25, 0.3) is 0 Å². The average Bonchev–Trinajstić information content (AvgIpc) is 3.08. The molecule has 0 unspecified atom stereocenters. The topological polar surface area (TPSA) is 105 Å². The minimum absolute atomic E-state index is 0.140. The first-order valence-electron chi connectivity index (χ1n) is 10.0. The summed E-state index contributed by atoms with van der Waals surface area (Å²) in [6.07, 6.45) is -1.07. The number of ether oxygens (including phenoxy) is 1. The molecule has 2 rings (SSSR count). The molecule has 1 amide bonds. The lowest BCUT2D eigenvalue weighted by atomic mass is 9.96. The summed E-state index contributed by atoms with van der Waals surface area (Å²) < 4.78 is 5.48. The predicted octanol–water partition coefficient (Wildman–Crippen LogP) is 4.93. The molecule has 8 heteroatoms. The number of H-pyrrole nitrogens is 1. The second-order valence-electron chi connectivity index (χ2n) is 8.78. The number of aromatic nitrogens is 1. The van der Waals surface area contributed by atoms with Crippen LogP contribution in [-0.2, 0) is 9.53 Å². The summed E-state index contributed by atoms with van der Waals surface area (Å²) in [6.45, 7) is 15.3. The highest BCUT2D eigenvalue weighted by Gasteiger charge is 2.30. The third kappa shape index (κ3) is 4.95. The van der Waals surface area contributed by atoms with Gasteiger partial charge in [-0.15, -0.1) is 11.3 Å². The summed E-state index contributed by atoms with van der Waals surface area (Å²) in [5.74, 6) is -1.47. The van der Waals surface area contributed by atoms with E-state index in [0.29, 0.717) is 27.4 Å². The Morgan fingerprint density at radius 2 is 1.58 bits per heavy atom. The fourth-order valence-electron chi connectivity index (χ4n) is 3.25. The number of thiophene rings is 1. The molecule has 0 fully saturated rings. The highest BCUT2D eigenvalue weighted by Crippen LogP contribution is 2.34. The summed E-state index contributed by atoms with van der Waals surface area (Å²) in [4.78, 5) is 54.0. The molecule has 7 nitrogen and oxygen atoms in total. The van der Waals surface area contributed by atoms with Crippen LogP contribution in [0.3, 0.4) is 0 Å². The Balaban J connectivity index is 2.30. The number of amides is 1. The first kappa shape index (κ1) is 24.5. The maximum absolute atomic E-state index is 13.0. The molecule has 2 N–H and O–H groups in total. The van der Waals surface area contributed by atoms with Crippen molar-refractivity contribution in [3.63, 3.8) is 0 Å². The fraction of sp³-hybridized carbons (Fsp3) is 0.478. The predicted molar refractivity (Wildman–Crippen MR) is 121 cm³/mol.